The van der Waals surface area contributed by atoms with E-state index in [0.29, 0.717) is 0 Å². The second-order valence-electron chi connectivity index (χ2n) is 3.52. The van der Waals surface area contributed by atoms with E-state index >= 15 is 0 Å². The van der Waals surface area contributed by atoms with Crippen LogP contribution in [0.25, 0.3) is 0 Å². The zero-order valence-electron chi connectivity index (χ0n) is 9.63. The van der Waals surface area contributed by atoms with Crippen molar-refractivity contribution < 1.29 is 18.7 Å². The first-order valence-electron chi connectivity index (χ1n) is 5.04. The molecule has 0 aliphatic carbocycles. The van der Waals surface area contributed by atoms with E-state index in [0.717, 1.165) is 12.1 Å². The van der Waals surface area contributed by atoms with Crippen molar-refractivity contribution in [2.75, 3.05) is 32.6 Å². The van der Waals surface area contributed by atoms with Crippen molar-refractivity contribution in [1.82, 2.24) is 4.90 Å². The third kappa shape index (κ3) is 2.91. The molecule has 17 heavy (non-hydrogen) atoms. The molecule has 0 atom stereocenters. The van der Waals surface area contributed by atoms with E-state index in [2.05, 4.69) is 5.32 Å². The molecule has 0 aromatic heterocycles. The molecule has 1 aromatic carbocycles. The number of amides is 1. The minimum atomic E-state index is -0.826. The fourth-order valence-corrected chi connectivity index (χ4v) is 1.41. The molecule has 0 radical (unpaired) electrons. The van der Waals surface area contributed by atoms with Gasteiger partial charge in [0, 0.05) is 26.2 Å². The first-order valence-corrected chi connectivity index (χ1v) is 5.04. The molecular weight excluding hydrogens is 230 g/mol. The monoisotopic (exact) mass is 244 g/mol. The summed E-state index contributed by atoms with van der Waals surface area (Å²) in [7, 11) is 2.83. The third-order valence-electron chi connectivity index (χ3n) is 2.32. The number of aliphatic hydroxyl groups is 1. The van der Waals surface area contributed by atoms with Crippen molar-refractivity contribution in [2.24, 2.45) is 0 Å². The van der Waals surface area contributed by atoms with Crippen LogP contribution in [0.3, 0.4) is 0 Å². The number of rotatable bonds is 4. The number of halogens is 2. The summed E-state index contributed by atoms with van der Waals surface area (Å²) < 4.78 is 26.8. The van der Waals surface area contributed by atoms with Crippen molar-refractivity contribution >= 4 is 11.6 Å². The fraction of sp³-hybridized carbons (Fsp3) is 0.364. The normalized spacial score (nSPS) is 10.2. The van der Waals surface area contributed by atoms with Crippen LogP contribution < -0.4 is 5.32 Å². The Balaban J connectivity index is 3.04. The van der Waals surface area contributed by atoms with Crippen LogP contribution in [-0.2, 0) is 0 Å². The zero-order valence-corrected chi connectivity index (χ0v) is 9.63. The molecule has 6 heteroatoms. The molecule has 1 aromatic rings. The molecule has 0 heterocycles. The van der Waals surface area contributed by atoms with Gasteiger partial charge >= 0.3 is 0 Å². The van der Waals surface area contributed by atoms with Crippen LogP contribution >= 0.6 is 0 Å². The predicted octanol–water partition coefficient (Wildman–Crippen LogP) is 1.07. The molecule has 4 nitrogen and oxygen atoms in total. The zero-order chi connectivity index (χ0) is 13.0. The highest BCUT2D eigenvalue weighted by molar-refractivity contribution is 5.94. The fourth-order valence-electron chi connectivity index (χ4n) is 1.41. The molecule has 1 amide bonds. The summed E-state index contributed by atoms with van der Waals surface area (Å²) in [5, 5.41) is 11.0. The molecule has 0 spiro atoms. The van der Waals surface area contributed by atoms with E-state index in [-0.39, 0.29) is 24.4 Å². The molecule has 0 fully saturated rings. The van der Waals surface area contributed by atoms with Gasteiger partial charge in [-0.05, 0) is 12.1 Å². The highest BCUT2D eigenvalue weighted by atomic mass is 19.1. The van der Waals surface area contributed by atoms with Gasteiger partial charge in [0.1, 0.15) is 17.3 Å². The second kappa shape index (κ2) is 5.58. The lowest BCUT2D eigenvalue weighted by Crippen LogP contribution is -2.29. The Bertz CT molecular complexity index is 401. The Hall–Kier alpha value is -1.69. The van der Waals surface area contributed by atoms with Crippen LogP contribution in [0.4, 0.5) is 14.5 Å². The number of carbonyl (C=O) groups excluding carboxylic acids is 1. The van der Waals surface area contributed by atoms with Gasteiger partial charge in [-0.2, -0.15) is 0 Å². The van der Waals surface area contributed by atoms with E-state index in [1.807, 2.05) is 0 Å². The van der Waals surface area contributed by atoms with Gasteiger partial charge in [-0.3, -0.25) is 4.79 Å². The summed E-state index contributed by atoms with van der Waals surface area (Å²) in [6.45, 7) is -0.0995. The Morgan fingerprint density at radius 3 is 2.35 bits per heavy atom. The molecule has 1 rings (SSSR count). The van der Waals surface area contributed by atoms with Crippen LogP contribution in [0.1, 0.15) is 10.4 Å². The molecule has 0 bridgehead atoms. The lowest BCUT2D eigenvalue weighted by atomic mass is 10.1. The minimum Gasteiger partial charge on any atom is -0.395 e. The van der Waals surface area contributed by atoms with Gasteiger partial charge in [-0.15, -0.1) is 0 Å². The van der Waals surface area contributed by atoms with Crippen LogP contribution in [0.5, 0.6) is 0 Å². The number of benzene rings is 1. The SMILES string of the molecule is CNc1c(F)cc(C(=O)N(C)CCO)cc1F. The summed E-state index contributed by atoms with van der Waals surface area (Å²) in [5.74, 6) is -2.19. The van der Waals surface area contributed by atoms with Crippen molar-refractivity contribution in [3.05, 3.63) is 29.3 Å². The summed E-state index contributed by atoms with van der Waals surface area (Å²) in [6.07, 6.45) is 0. The number of anilines is 1. The number of likely N-dealkylation sites (N-methyl/N-ethyl adjacent to an activating group) is 1. The largest absolute Gasteiger partial charge is 0.395 e. The summed E-state index contributed by atoms with van der Waals surface area (Å²) in [6, 6.07) is 1.93. The predicted molar refractivity (Wildman–Crippen MR) is 60.0 cm³/mol. The first kappa shape index (κ1) is 13.4. The molecule has 0 aliphatic rings. The Morgan fingerprint density at radius 2 is 1.94 bits per heavy atom. The van der Waals surface area contributed by atoms with E-state index in [1.165, 1.54) is 19.0 Å². The Kier molecular flexibility index (Phi) is 4.39. The van der Waals surface area contributed by atoms with E-state index in [4.69, 9.17) is 5.11 Å². The maximum absolute atomic E-state index is 13.4. The highest BCUT2D eigenvalue weighted by Crippen LogP contribution is 2.20. The second-order valence-corrected chi connectivity index (χ2v) is 3.52. The van der Waals surface area contributed by atoms with Crippen LogP contribution in [0.2, 0.25) is 0 Å². The smallest absolute Gasteiger partial charge is 0.253 e. The van der Waals surface area contributed by atoms with E-state index < -0.39 is 17.5 Å². The van der Waals surface area contributed by atoms with Crippen molar-refractivity contribution in [3.8, 4) is 0 Å². The maximum atomic E-state index is 13.4. The minimum absolute atomic E-state index is 0.0880. The van der Waals surface area contributed by atoms with E-state index in [1.54, 1.807) is 0 Å². The van der Waals surface area contributed by atoms with Gasteiger partial charge in [0.05, 0.1) is 6.61 Å². The number of nitrogens with zero attached hydrogens (tertiary/aromatic N) is 1. The number of hydrogen-bond acceptors (Lipinski definition) is 3. The van der Waals surface area contributed by atoms with E-state index in [9.17, 15) is 13.6 Å². The van der Waals surface area contributed by atoms with Crippen molar-refractivity contribution in [3.63, 3.8) is 0 Å². The standard InChI is InChI=1S/C11H14F2N2O2/c1-14-10-8(12)5-7(6-9(10)13)11(17)15(2)3-4-16/h5-6,14,16H,3-4H2,1-2H3. The summed E-state index contributed by atoms with van der Waals surface area (Å²) in [4.78, 5) is 12.9. The van der Waals surface area contributed by atoms with Crippen LogP contribution in [0, 0.1) is 11.6 Å². The third-order valence-corrected chi connectivity index (χ3v) is 2.32. The van der Waals surface area contributed by atoms with Crippen LogP contribution in [-0.4, -0.2) is 43.2 Å². The molecular formula is C11H14F2N2O2. The number of hydrogen-bond donors (Lipinski definition) is 2. The van der Waals surface area contributed by atoms with Crippen molar-refractivity contribution in [2.45, 2.75) is 0 Å². The number of carbonyl (C=O) groups is 1. The Morgan fingerprint density at radius 1 is 1.41 bits per heavy atom. The maximum Gasteiger partial charge on any atom is 0.253 e. The van der Waals surface area contributed by atoms with Gasteiger partial charge in [0.2, 0.25) is 0 Å². The molecule has 0 aliphatic heterocycles. The lowest BCUT2D eigenvalue weighted by Gasteiger charge is -2.16. The van der Waals surface area contributed by atoms with Gasteiger partial charge < -0.3 is 15.3 Å². The van der Waals surface area contributed by atoms with Gasteiger partial charge in [0.25, 0.3) is 5.91 Å². The number of nitrogens with one attached hydrogen (secondary N) is 1. The molecule has 0 unspecified atom stereocenters. The summed E-state index contributed by atoms with van der Waals surface area (Å²) >= 11 is 0. The number of aliphatic hydroxyl groups excluding tert-OH is 1. The molecule has 94 valence electrons. The quantitative estimate of drug-likeness (QED) is 0.833. The van der Waals surface area contributed by atoms with Crippen molar-refractivity contribution in [1.29, 1.82) is 0 Å². The molecule has 0 saturated heterocycles. The average molecular weight is 244 g/mol. The average Bonchev–Trinajstić information content (AvgIpc) is 2.27. The van der Waals surface area contributed by atoms with Gasteiger partial charge in [-0.1, -0.05) is 0 Å². The molecule has 0 saturated carbocycles. The Labute approximate surface area is 97.9 Å². The first-order chi connectivity index (χ1) is 8.01. The van der Waals surface area contributed by atoms with Gasteiger partial charge in [-0.25, -0.2) is 8.78 Å². The molecule has 2 N–H and O–H groups in total. The highest BCUT2D eigenvalue weighted by Gasteiger charge is 2.16. The van der Waals surface area contributed by atoms with Crippen LogP contribution in [0.15, 0.2) is 12.1 Å². The lowest BCUT2D eigenvalue weighted by molar-refractivity contribution is 0.0766. The van der Waals surface area contributed by atoms with Gasteiger partial charge in [0.15, 0.2) is 0 Å². The topological polar surface area (TPSA) is 52.6 Å². The summed E-state index contributed by atoms with van der Waals surface area (Å²) in [5.41, 5.74) is -0.360.